The van der Waals surface area contributed by atoms with Crippen molar-refractivity contribution in [2.45, 2.75) is 25.7 Å². The molecule has 0 saturated carbocycles. The molecule has 1 aromatic carbocycles. The number of H-pyrrole nitrogens is 1. The summed E-state index contributed by atoms with van der Waals surface area (Å²) in [6.45, 7) is 0. The molecule has 1 aliphatic rings. The van der Waals surface area contributed by atoms with Crippen molar-refractivity contribution in [3.05, 3.63) is 37.4 Å². The summed E-state index contributed by atoms with van der Waals surface area (Å²) in [5, 5.41) is 0.767. The number of nitrogens with one attached hydrogen (secondary N) is 1. The van der Waals surface area contributed by atoms with Crippen molar-refractivity contribution in [2.75, 3.05) is 14.2 Å². The van der Waals surface area contributed by atoms with Crippen LogP contribution in [0.1, 0.15) is 23.3 Å². The molecule has 1 N–H and O–H groups in total. The molecule has 0 bridgehead atoms. The lowest BCUT2D eigenvalue weighted by molar-refractivity contribution is 0.353. The number of ether oxygens (including phenoxy) is 2. The third-order valence-corrected chi connectivity index (χ3v) is 6.31. The molecule has 4 rings (SSSR count). The molecule has 5 nitrogen and oxygen atoms in total. The molecule has 7 heteroatoms. The second-order valence-corrected chi connectivity index (χ2v) is 7.94. The highest BCUT2D eigenvalue weighted by Gasteiger charge is 2.21. The van der Waals surface area contributed by atoms with Gasteiger partial charge < -0.3 is 14.5 Å². The van der Waals surface area contributed by atoms with Crippen LogP contribution in [0.4, 0.5) is 0 Å². The van der Waals surface area contributed by atoms with Gasteiger partial charge in [-0.05, 0) is 59.3 Å². The van der Waals surface area contributed by atoms with Crippen LogP contribution in [0.25, 0.3) is 21.6 Å². The van der Waals surface area contributed by atoms with Crippen molar-refractivity contribution in [1.29, 1.82) is 0 Å². The standard InChI is InChI=1S/C18H17BrN2O3S/c1-23-12-8-9(7-11(19)15(12)24-2)16-20-17(22)14-10-5-3-4-6-13(10)25-18(14)21-16/h7-8H,3-6H2,1-2H3,(H,20,21,22). The Morgan fingerprint density at radius 1 is 1.20 bits per heavy atom. The quantitative estimate of drug-likeness (QED) is 0.685. The van der Waals surface area contributed by atoms with Crippen LogP contribution in [0.2, 0.25) is 0 Å². The molecule has 0 aliphatic heterocycles. The van der Waals surface area contributed by atoms with Gasteiger partial charge in [-0.15, -0.1) is 11.3 Å². The molecule has 0 atom stereocenters. The van der Waals surface area contributed by atoms with E-state index in [4.69, 9.17) is 14.5 Å². The normalized spacial score (nSPS) is 13.7. The van der Waals surface area contributed by atoms with Crippen molar-refractivity contribution in [3.8, 4) is 22.9 Å². The number of nitrogens with zero attached hydrogens (tertiary/aromatic N) is 1. The highest BCUT2D eigenvalue weighted by Crippen LogP contribution is 2.39. The topological polar surface area (TPSA) is 64.2 Å². The van der Waals surface area contributed by atoms with Gasteiger partial charge in [-0.1, -0.05) is 0 Å². The molecule has 25 heavy (non-hydrogen) atoms. The fourth-order valence-corrected chi connectivity index (χ4v) is 5.22. The number of fused-ring (bicyclic) bond motifs is 3. The van der Waals surface area contributed by atoms with Crippen LogP contribution in [0.3, 0.4) is 0 Å². The minimum absolute atomic E-state index is 0.0645. The van der Waals surface area contributed by atoms with E-state index in [1.165, 1.54) is 16.9 Å². The number of methoxy groups -OCH3 is 2. The Hall–Kier alpha value is -1.86. The third-order valence-electron chi connectivity index (χ3n) is 4.53. The lowest BCUT2D eigenvalue weighted by Gasteiger charge is -2.12. The summed E-state index contributed by atoms with van der Waals surface area (Å²) >= 11 is 5.13. The van der Waals surface area contributed by atoms with Crippen molar-refractivity contribution in [1.82, 2.24) is 9.97 Å². The van der Waals surface area contributed by atoms with Gasteiger partial charge in [0, 0.05) is 10.4 Å². The summed E-state index contributed by atoms with van der Waals surface area (Å²) in [6, 6.07) is 3.69. The Bertz CT molecular complexity index is 1030. The number of benzene rings is 1. The number of hydrogen-bond donors (Lipinski definition) is 1. The molecular weight excluding hydrogens is 404 g/mol. The van der Waals surface area contributed by atoms with Gasteiger partial charge >= 0.3 is 0 Å². The lowest BCUT2D eigenvalue weighted by Crippen LogP contribution is -2.11. The van der Waals surface area contributed by atoms with E-state index in [2.05, 4.69) is 20.9 Å². The largest absolute Gasteiger partial charge is 0.493 e. The first-order valence-corrected chi connectivity index (χ1v) is 9.69. The predicted octanol–water partition coefficient (Wildman–Crippen LogP) is 4.31. The molecule has 0 fully saturated rings. The molecular formula is C18H17BrN2O3S. The summed E-state index contributed by atoms with van der Waals surface area (Å²) in [5.41, 5.74) is 1.90. The summed E-state index contributed by atoms with van der Waals surface area (Å²) in [7, 11) is 3.17. The predicted molar refractivity (Wildman–Crippen MR) is 103 cm³/mol. The second kappa shape index (κ2) is 6.46. The molecule has 0 spiro atoms. The van der Waals surface area contributed by atoms with E-state index in [1.54, 1.807) is 25.6 Å². The van der Waals surface area contributed by atoms with Gasteiger partial charge in [0.2, 0.25) is 0 Å². The highest BCUT2D eigenvalue weighted by molar-refractivity contribution is 9.10. The van der Waals surface area contributed by atoms with Crippen molar-refractivity contribution in [3.63, 3.8) is 0 Å². The van der Waals surface area contributed by atoms with E-state index in [0.717, 1.165) is 39.5 Å². The van der Waals surface area contributed by atoms with Crippen molar-refractivity contribution < 1.29 is 9.47 Å². The lowest BCUT2D eigenvalue weighted by atomic mass is 9.97. The number of thiophene rings is 1. The summed E-state index contributed by atoms with van der Waals surface area (Å²) in [5.74, 6) is 1.74. The minimum atomic E-state index is -0.0645. The summed E-state index contributed by atoms with van der Waals surface area (Å²) in [6.07, 6.45) is 4.35. The summed E-state index contributed by atoms with van der Waals surface area (Å²) in [4.78, 5) is 22.5. The van der Waals surface area contributed by atoms with Crippen LogP contribution in [-0.2, 0) is 12.8 Å². The first-order chi connectivity index (χ1) is 12.1. The molecule has 0 unspecified atom stereocenters. The average Bonchev–Trinajstić information content (AvgIpc) is 2.99. The molecule has 130 valence electrons. The number of aromatic nitrogens is 2. The first kappa shape index (κ1) is 16.6. The van der Waals surface area contributed by atoms with E-state index in [-0.39, 0.29) is 5.56 Å². The molecule has 0 amide bonds. The zero-order chi connectivity index (χ0) is 17.6. The monoisotopic (exact) mass is 420 g/mol. The van der Waals surface area contributed by atoms with Gasteiger partial charge in [0.1, 0.15) is 10.7 Å². The number of aryl methyl sites for hydroxylation is 2. The number of halogens is 1. The maximum atomic E-state index is 12.7. The van der Waals surface area contributed by atoms with E-state index in [1.807, 2.05) is 12.1 Å². The van der Waals surface area contributed by atoms with Gasteiger partial charge in [0.25, 0.3) is 5.56 Å². The Balaban J connectivity index is 1.91. The van der Waals surface area contributed by atoms with Crippen LogP contribution < -0.4 is 15.0 Å². The zero-order valence-corrected chi connectivity index (χ0v) is 16.3. The number of rotatable bonds is 3. The van der Waals surface area contributed by atoms with Crippen LogP contribution in [0.15, 0.2) is 21.4 Å². The van der Waals surface area contributed by atoms with Gasteiger partial charge in [0.15, 0.2) is 11.5 Å². The number of aromatic amines is 1. The van der Waals surface area contributed by atoms with Gasteiger partial charge in [-0.25, -0.2) is 4.98 Å². The number of hydrogen-bond acceptors (Lipinski definition) is 5. The smallest absolute Gasteiger partial charge is 0.260 e. The maximum Gasteiger partial charge on any atom is 0.260 e. The van der Waals surface area contributed by atoms with Crippen molar-refractivity contribution in [2.24, 2.45) is 0 Å². The Morgan fingerprint density at radius 2 is 2.00 bits per heavy atom. The maximum absolute atomic E-state index is 12.7. The summed E-state index contributed by atoms with van der Waals surface area (Å²) < 4.78 is 11.5. The molecule has 1 aliphatic carbocycles. The van der Waals surface area contributed by atoms with E-state index in [9.17, 15) is 4.79 Å². The molecule has 0 radical (unpaired) electrons. The van der Waals surface area contributed by atoms with Gasteiger partial charge in [-0.3, -0.25) is 4.79 Å². The second-order valence-electron chi connectivity index (χ2n) is 6.00. The SMILES string of the molecule is COc1cc(-c2nc3sc4c(c3c(=O)[nH]2)CCCC4)cc(Br)c1OC. The van der Waals surface area contributed by atoms with E-state index in [0.29, 0.717) is 17.3 Å². The molecule has 2 heterocycles. The average molecular weight is 421 g/mol. The minimum Gasteiger partial charge on any atom is -0.493 e. The fraction of sp³-hybridized carbons (Fsp3) is 0.333. The van der Waals surface area contributed by atoms with Gasteiger partial charge in [0.05, 0.1) is 24.1 Å². The van der Waals surface area contributed by atoms with E-state index >= 15 is 0 Å². The Kier molecular flexibility index (Phi) is 4.29. The van der Waals surface area contributed by atoms with E-state index < -0.39 is 0 Å². The highest BCUT2D eigenvalue weighted by atomic mass is 79.9. The van der Waals surface area contributed by atoms with Gasteiger partial charge in [-0.2, -0.15) is 0 Å². The molecule has 2 aromatic heterocycles. The first-order valence-electron chi connectivity index (χ1n) is 8.09. The Morgan fingerprint density at radius 3 is 2.76 bits per heavy atom. The third kappa shape index (κ3) is 2.75. The Labute approximate surface area is 157 Å². The molecule has 3 aromatic rings. The molecule has 0 saturated heterocycles. The zero-order valence-electron chi connectivity index (χ0n) is 13.9. The van der Waals surface area contributed by atoms with Crippen LogP contribution >= 0.6 is 27.3 Å². The van der Waals surface area contributed by atoms with Crippen LogP contribution in [0.5, 0.6) is 11.5 Å². The van der Waals surface area contributed by atoms with Crippen molar-refractivity contribution >= 4 is 37.5 Å². The fourth-order valence-electron chi connectivity index (χ4n) is 3.36. The van der Waals surface area contributed by atoms with Crippen LogP contribution in [-0.4, -0.2) is 24.2 Å². The van der Waals surface area contributed by atoms with Crippen LogP contribution in [0, 0.1) is 0 Å².